The SMILES string of the molecule is C=C(C)CCC(N)CCC1CCCO1. The first-order valence-corrected chi connectivity index (χ1v) is 5.70. The second kappa shape index (κ2) is 6.20. The minimum absolute atomic E-state index is 0.330. The van der Waals surface area contributed by atoms with Crippen LogP contribution in [-0.2, 0) is 4.74 Å². The second-order valence-electron chi connectivity index (χ2n) is 4.47. The monoisotopic (exact) mass is 197 g/mol. The summed E-state index contributed by atoms with van der Waals surface area (Å²) in [6.45, 7) is 6.90. The van der Waals surface area contributed by atoms with E-state index in [0.29, 0.717) is 12.1 Å². The van der Waals surface area contributed by atoms with Gasteiger partial charge in [0, 0.05) is 12.6 Å². The van der Waals surface area contributed by atoms with Crippen molar-refractivity contribution in [1.29, 1.82) is 0 Å². The normalized spacial score (nSPS) is 23.7. The van der Waals surface area contributed by atoms with E-state index >= 15 is 0 Å². The predicted octanol–water partition coefficient (Wildman–Crippen LogP) is 2.63. The van der Waals surface area contributed by atoms with Crippen molar-refractivity contribution >= 4 is 0 Å². The average Bonchev–Trinajstić information content (AvgIpc) is 2.63. The molecular weight excluding hydrogens is 174 g/mol. The molecule has 2 nitrogen and oxygen atoms in total. The molecule has 0 radical (unpaired) electrons. The lowest BCUT2D eigenvalue weighted by Gasteiger charge is -2.14. The maximum atomic E-state index is 6.00. The Balaban J connectivity index is 2.02. The van der Waals surface area contributed by atoms with Gasteiger partial charge in [-0.1, -0.05) is 5.57 Å². The minimum Gasteiger partial charge on any atom is -0.378 e. The summed E-state index contributed by atoms with van der Waals surface area (Å²) in [5.74, 6) is 0. The topological polar surface area (TPSA) is 35.2 Å². The van der Waals surface area contributed by atoms with E-state index in [2.05, 4.69) is 13.5 Å². The third kappa shape index (κ3) is 4.77. The van der Waals surface area contributed by atoms with Gasteiger partial charge in [0.1, 0.15) is 0 Å². The van der Waals surface area contributed by atoms with Gasteiger partial charge in [-0.15, -0.1) is 6.58 Å². The average molecular weight is 197 g/mol. The number of rotatable bonds is 6. The molecule has 2 heteroatoms. The van der Waals surface area contributed by atoms with Crippen LogP contribution in [0.15, 0.2) is 12.2 Å². The van der Waals surface area contributed by atoms with Gasteiger partial charge in [-0.05, 0) is 45.4 Å². The predicted molar refractivity (Wildman–Crippen MR) is 60.2 cm³/mol. The van der Waals surface area contributed by atoms with Crippen LogP contribution in [0.3, 0.4) is 0 Å². The Labute approximate surface area is 87.5 Å². The fourth-order valence-electron chi connectivity index (χ4n) is 1.85. The molecule has 0 bridgehead atoms. The van der Waals surface area contributed by atoms with Crippen molar-refractivity contribution < 1.29 is 4.74 Å². The summed E-state index contributed by atoms with van der Waals surface area (Å²) in [6, 6.07) is 0.330. The summed E-state index contributed by atoms with van der Waals surface area (Å²) in [4.78, 5) is 0. The van der Waals surface area contributed by atoms with Gasteiger partial charge >= 0.3 is 0 Å². The lowest BCUT2D eigenvalue weighted by molar-refractivity contribution is 0.100. The first-order chi connectivity index (χ1) is 6.68. The largest absolute Gasteiger partial charge is 0.378 e. The molecule has 1 aliphatic heterocycles. The molecule has 0 aliphatic carbocycles. The number of hydrogen-bond donors (Lipinski definition) is 1. The Bertz CT molecular complexity index is 173. The minimum atomic E-state index is 0.330. The molecule has 0 aromatic carbocycles. The lowest BCUT2D eigenvalue weighted by Crippen LogP contribution is -2.22. The molecule has 1 rings (SSSR count). The van der Waals surface area contributed by atoms with E-state index in [1.807, 2.05) is 0 Å². The van der Waals surface area contributed by atoms with Crippen molar-refractivity contribution in [1.82, 2.24) is 0 Å². The van der Waals surface area contributed by atoms with Crippen molar-refractivity contribution in [2.45, 2.75) is 57.6 Å². The summed E-state index contributed by atoms with van der Waals surface area (Å²) in [5, 5.41) is 0. The van der Waals surface area contributed by atoms with E-state index in [1.165, 1.54) is 18.4 Å². The Morgan fingerprint density at radius 2 is 2.36 bits per heavy atom. The van der Waals surface area contributed by atoms with Crippen molar-refractivity contribution in [3.8, 4) is 0 Å². The summed E-state index contributed by atoms with van der Waals surface area (Å²) in [5.41, 5.74) is 7.24. The van der Waals surface area contributed by atoms with Gasteiger partial charge in [0.2, 0.25) is 0 Å². The molecule has 1 aliphatic rings. The van der Waals surface area contributed by atoms with Crippen LogP contribution in [-0.4, -0.2) is 18.8 Å². The Kier molecular flexibility index (Phi) is 5.20. The van der Waals surface area contributed by atoms with E-state index < -0.39 is 0 Å². The third-order valence-corrected chi connectivity index (χ3v) is 2.83. The number of nitrogens with two attached hydrogens (primary N) is 1. The highest BCUT2D eigenvalue weighted by Gasteiger charge is 2.16. The molecule has 1 saturated heterocycles. The fourth-order valence-corrected chi connectivity index (χ4v) is 1.85. The van der Waals surface area contributed by atoms with Crippen LogP contribution in [0.2, 0.25) is 0 Å². The van der Waals surface area contributed by atoms with Crippen LogP contribution in [0.4, 0.5) is 0 Å². The number of ether oxygens (including phenoxy) is 1. The highest BCUT2D eigenvalue weighted by atomic mass is 16.5. The van der Waals surface area contributed by atoms with Crippen molar-refractivity contribution in [2.75, 3.05) is 6.61 Å². The Morgan fingerprint density at radius 3 is 2.93 bits per heavy atom. The molecule has 14 heavy (non-hydrogen) atoms. The molecule has 1 fully saturated rings. The van der Waals surface area contributed by atoms with Crippen LogP contribution in [0, 0.1) is 0 Å². The zero-order valence-electron chi connectivity index (χ0n) is 9.30. The third-order valence-electron chi connectivity index (χ3n) is 2.83. The van der Waals surface area contributed by atoms with Gasteiger partial charge in [0.05, 0.1) is 6.10 Å². The van der Waals surface area contributed by atoms with Crippen LogP contribution in [0.1, 0.15) is 45.4 Å². The summed E-state index contributed by atoms with van der Waals surface area (Å²) in [7, 11) is 0. The lowest BCUT2D eigenvalue weighted by atomic mass is 10.0. The zero-order valence-corrected chi connectivity index (χ0v) is 9.30. The molecule has 1 heterocycles. The molecule has 2 N–H and O–H groups in total. The summed E-state index contributed by atoms with van der Waals surface area (Å²) >= 11 is 0. The van der Waals surface area contributed by atoms with E-state index in [4.69, 9.17) is 10.5 Å². The second-order valence-corrected chi connectivity index (χ2v) is 4.47. The van der Waals surface area contributed by atoms with Crippen molar-refractivity contribution in [3.05, 3.63) is 12.2 Å². The highest BCUT2D eigenvalue weighted by molar-refractivity contribution is 4.88. The van der Waals surface area contributed by atoms with Crippen LogP contribution in [0.25, 0.3) is 0 Å². The van der Waals surface area contributed by atoms with Crippen LogP contribution in [0.5, 0.6) is 0 Å². The maximum absolute atomic E-state index is 6.00. The van der Waals surface area contributed by atoms with E-state index in [9.17, 15) is 0 Å². The Morgan fingerprint density at radius 1 is 1.57 bits per heavy atom. The number of hydrogen-bond acceptors (Lipinski definition) is 2. The first kappa shape index (κ1) is 11.7. The van der Waals surface area contributed by atoms with Crippen LogP contribution >= 0.6 is 0 Å². The first-order valence-electron chi connectivity index (χ1n) is 5.70. The van der Waals surface area contributed by atoms with Gasteiger partial charge in [0.15, 0.2) is 0 Å². The molecule has 0 saturated carbocycles. The molecule has 2 atom stereocenters. The molecular formula is C12H23NO. The molecule has 0 aromatic rings. The molecule has 82 valence electrons. The van der Waals surface area contributed by atoms with Gasteiger partial charge in [-0.25, -0.2) is 0 Å². The standard InChI is InChI=1S/C12H23NO/c1-10(2)5-6-11(13)7-8-12-4-3-9-14-12/h11-12H,1,3-9,13H2,2H3. The quantitative estimate of drug-likeness (QED) is 0.664. The van der Waals surface area contributed by atoms with Gasteiger partial charge in [-0.3, -0.25) is 0 Å². The van der Waals surface area contributed by atoms with Gasteiger partial charge in [0.25, 0.3) is 0 Å². The van der Waals surface area contributed by atoms with E-state index in [-0.39, 0.29) is 0 Å². The summed E-state index contributed by atoms with van der Waals surface area (Å²) in [6.07, 6.45) is 7.31. The Hall–Kier alpha value is -0.340. The van der Waals surface area contributed by atoms with Crippen molar-refractivity contribution in [2.24, 2.45) is 5.73 Å². The molecule has 2 unspecified atom stereocenters. The smallest absolute Gasteiger partial charge is 0.0576 e. The van der Waals surface area contributed by atoms with Crippen molar-refractivity contribution in [3.63, 3.8) is 0 Å². The van der Waals surface area contributed by atoms with Gasteiger partial charge < -0.3 is 10.5 Å². The number of allylic oxidation sites excluding steroid dienone is 1. The highest BCUT2D eigenvalue weighted by Crippen LogP contribution is 2.18. The fraction of sp³-hybridized carbons (Fsp3) is 0.833. The van der Waals surface area contributed by atoms with Crippen LogP contribution < -0.4 is 5.73 Å². The zero-order chi connectivity index (χ0) is 10.4. The van der Waals surface area contributed by atoms with Gasteiger partial charge in [-0.2, -0.15) is 0 Å². The van der Waals surface area contributed by atoms with E-state index in [1.54, 1.807) is 0 Å². The maximum Gasteiger partial charge on any atom is 0.0576 e. The van der Waals surface area contributed by atoms with E-state index in [0.717, 1.165) is 32.3 Å². The summed E-state index contributed by atoms with van der Waals surface area (Å²) < 4.78 is 5.56. The molecule has 0 aromatic heterocycles. The molecule has 0 amide bonds. The molecule has 0 spiro atoms.